The Morgan fingerprint density at radius 1 is 1.10 bits per heavy atom. The molecule has 0 saturated carbocycles. The number of hydrogen-bond donors (Lipinski definition) is 0. The molecule has 110 valence electrons. The van der Waals surface area contributed by atoms with Crippen molar-refractivity contribution in [3.05, 3.63) is 66.6 Å². The van der Waals surface area contributed by atoms with Crippen LogP contribution in [0, 0.1) is 10.1 Å². The molecule has 0 heterocycles. The number of rotatable bonds is 5. The highest BCUT2D eigenvalue weighted by Crippen LogP contribution is 2.33. The molecule has 2 aromatic rings. The van der Waals surface area contributed by atoms with Crippen molar-refractivity contribution in [2.45, 2.75) is 11.9 Å². The maximum Gasteiger partial charge on any atom is 0.283 e. The Kier molecular flexibility index (Phi) is 5.78. The van der Waals surface area contributed by atoms with E-state index in [0.29, 0.717) is 9.80 Å². The van der Waals surface area contributed by atoms with Crippen molar-refractivity contribution in [1.82, 2.24) is 0 Å². The zero-order chi connectivity index (χ0) is 15.4. The molecule has 0 amide bonds. The predicted octanol–water partition coefficient (Wildman–Crippen LogP) is 5.59. The average molecular weight is 480 g/mol. The molecular formula is C14H10Br3NO3. The van der Waals surface area contributed by atoms with Gasteiger partial charge in [0.15, 0.2) is 0 Å². The molecule has 2 rings (SSSR count). The van der Waals surface area contributed by atoms with E-state index in [-0.39, 0.29) is 12.3 Å². The van der Waals surface area contributed by atoms with Crippen molar-refractivity contribution in [3.8, 4) is 5.75 Å². The number of nitrogens with zero attached hydrogens (tertiary/aromatic N) is 1. The lowest BCUT2D eigenvalue weighted by molar-refractivity contribution is -0.385. The second-order valence-corrected chi connectivity index (χ2v) is 6.37. The second-order valence-electron chi connectivity index (χ2n) is 4.16. The van der Waals surface area contributed by atoms with E-state index in [1.807, 2.05) is 18.2 Å². The summed E-state index contributed by atoms with van der Waals surface area (Å²) in [6, 6.07) is 10.7. The van der Waals surface area contributed by atoms with E-state index < -0.39 is 4.92 Å². The molecule has 0 N–H and O–H groups in total. The lowest BCUT2D eigenvalue weighted by atomic mass is 10.2. The van der Waals surface area contributed by atoms with Gasteiger partial charge in [0.05, 0.1) is 9.40 Å². The van der Waals surface area contributed by atoms with E-state index in [9.17, 15) is 10.1 Å². The van der Waals surface area contributed by atoms with Gasteiger partial charge < -0.3 is 4.74 Å². The fourth-order valence-electron chi connectivity index (χ4n) is 1.79. The molecule has 0 atom stereocenters. The quantitative estimate of drug-likeness (QED) is 0.319. The van der Waals surface area contributed by atoms with Crippen LogP contribution < -0.4 is 4.74 Å². The van der Waals surface area contributed by atoms with Gasteiger partial charge in [0, 0.05) is 22.5 Å². The van der Waals surface area contributed by atoms with Gasteiger partial charge in [0.25, 0.3) is 5.69 Å². The van der Waals surface area contributed by atoms with E-state index in [1.165, 1.54) is 6.07 Å². The minimum absolute atomic E-state index is 0.0314. The topological polar surface area (TPSA) is 52.4 Å². The number of ether oxygens (including phenoxy) is 1. The largest absolute Gasteiger partial charge is 0.487 e. The predicted molar refractivity (Wildman–Crippen MR) is 91.9 cm³/mol. The highest BCUT2D eigenvalue weighted by molar-refractivity contribution is 9.11. The van der Waals surface area contributed by atoms with Gasteiger partial charge in [-0.1, -0.05) is 40.2 Å². The van der Waals surface area contributed by atoms with Crippen molar-refractivity contribution >= 4 is 53.5 Å². The summed E-state index contributed by atoms with van der Waals surface area (Å²) in [5.41, 5.74) is 1.76. The summed E-state index contributed by atoms with van der Waals surface area (Å²) in [6.45, 7) is 0.241. The molecule has 0 aliphatic heterocycles. The summed E-state index contributed by atoms with van der Waals surface area (Å²) in [4.78, 5) is 10.5. The summed E-state index contributed by atoms with van der Waals surface area (Å²) in [7, 11) is 0. The number of alkyl halides is 1. The molecule has 0 spiro atoms. The van der Waals surface area contributed by atoms with Crippen LogP contribution in [-0.4, -0.2) is 4.92 Å². The van der Waals surface area contributed by atoms with Crippen LogP contribution in [0.2, 0.25) is 0 Å². The van der Waals surface area contributed by atoms with Crippen LogP contribution in [0.4, 0.5) is 5.69 Å². The van der Waals surface area contributed by atoms with Gasteiger partial charge in [0.1, 0.15) is 16.8 Å². The Morgan fingerprint density at radius 3 is 2.43 bits per heavy atom. The van der Waals surface area contributed by atoms with Crippen molar-refractivity contribution in [2.75, 3.05) is 0 Å². The van der Waals surface area contributed by atoms with E-state index >= 15 is 0 Å². The molecule has 0 bridgehead atoms. The molecular weight excluding hydrogens is 470 g/mol. The third-order valence-electron chi connectivity index (χ3n) is 2.82. The zero-order valence-corrected chi connectivity index (χ0v) is 15.4. The highest BCUT2D eigenvalue weighted by Gasteiger charge is 2.16. The van der Waals surface area contributed by atoms with Gasteiger partial charge in [-0.2, -0.15) is 0 Å². The van der Waals surface area contributed by atoms with E-state index in [1.54, 1.807) is 12.1 Å². The van der Waals surface area contributed by atoms with Crippen LogP contribution in [0.1, 0.15) is 11.1 Å². The Hall–Kier alpha value is -0.920. The fourth-order valence-corrected chi connectivity index (χ4v) is 3.28. The van der Waals surface area contributed by atoms with Crippen molar-refractivity contribution in [1.29, 1.82) is 0 Å². The van der Waals surface area contributed by atoms with E-state index in [0.717, 1.165) is 21.3 Å². The zero-order valence-electron chi connectivity index (χ0n) is 10.7. The van der Waals surface area contributed by atoms with Gasteiger partial charge >= 0.3 is 0 Å². The normalized spacial score (nSPS) is 10.4. The maximum atomic E-state index is 10.9. The SMILES string of the molecule is O=[N+]([O-])c1cccc(COc2c(Br)cccc2CBr)c1Br. The molecule has 0 unspecified atom stereocenters. The highest BCUT2D eigenvalue weighted by atomic mass is 79.9. The van der Waals surface area contributed by atoms with Crippen molar-refractivity contribution in [2.24, 2.45) is 0 Å². The number of hydrogen-bond acceptors (Lipinski definition) is 3. The third kappa shape index (κ3) is 3.84. The Balaban J connectivity index is 2.25. The van der Waals surface area contributed by atoms with Gasteiger partial charge in [-0.05, 0) is 37.9 Å². The minimum Gasteiger partial charge on any atom is -0.487 e. The molecule has 0 saturated heterocycles. The van der Waals surface area contributed by atoms with Crippen molar-refractivity contribution < 1.29 is 9.66 Å². The third-order valence-corrected chi connectivity index (χ3v) is 4.96. The smallest absolute Gasteiger partial charge is 0.283 e. The van der Waals surface area contributed by atoms with Gasteiger partial charge in [0.2, 0.25) is 0 Å². The molecule has 2 aromatic carbocycles. The minimum atomic E-state index is -0.421. The molecule has 7 heteroatoms. The number of nitro groups is 1. The summed E-state index contributed by atoms with van der Waals surface area (Å²) in [6.07, 6.45) is 0. The van der Waals surface area contributed by atoms with Gasteiger partial charge in [-0.15, -0.1) is 0 Å². The first kappa shape index (κ1) is 16.5. The molecule has 0 fully saturated rings. The number of halogens is 3. The van der Waals surface area contributed by atoms with Crippen LogP contribution in [0.15, 0.2) is 45.3 Å². The van der Waals surface area contributed by atoms with Crippen LogP contribution >= 0.6 is 47.8 Å². The average Bonchev–Trinajstić information content (AvgIpc) is 2.46. The first-order valence-electron chi connectivity index (χ1n) is 5.92. The summed E-state index contributed by atoms with van der Waals surface area (Å²) in [5, 5.41) is 11.6. The molecule has 0 aliphatic carbocycles. The van der Waals surface area contributed by atoms with Crippen LogP contribution in [-0.2, 0) is 11.9 Å². The lowest BCUT2D eigenvalue weighted by Crippen LogP contribution is -2.01. The summed E-state index contributed by atoms with van der Waals surface area (Å²) < 4.78 is 7.13. The van der Waals surface area contributed by atoms with Gasteiger partial charge in [-0.3, -0.25) is 10.1 Å². The fraction of sp³-hybridized carbons (Fsp3) is 0.143. The maximum absolute atomic E-state index is 10.9. The molecule has 0 aromatic heterocycles. The lowest BCUT2D eigenvalue weighted by Gasteiger charge is -2.13. The first-order chi connectivity index (χ1) is 10.0. The van der Waals surface area contributed by atoms with Crippen LogP contribution in [0.5, 0.6) is 5.75 Å². The van der Waals surface area contributed by atoms with Crippen LogP contribution in [0.25, 0.3) is 0 Å². The van der Waals surface area contributed by atoms with Gasteiger partial charge in [-0.25, -0.2) is 0 Å². The number of benzene rings is 2. The Labute approximate surface area is 147 Å². The Morgan fingerprint density at radius 2 is 1.76 bits per heavy atom. The number of para-hydroxylation sites is 1. The monoisotopic (exact) mass is 477 g/mol. The first-order valence-corrected chi connectivity index (χ1v) is 8.63. The van der Waals surface area contributed by atoms with E-state index in [4.69, 9.17) is 4.74 Å². The number of nitro benzene ring substituents is 1. The Bertz CT molecular complexity index is 677. The summed E-state index contributed by atoms with van der Waals surface area (Å²) >= 11 is 10.1. The molecule has 0 aliphatic rings. The molecule has 21 heavy (non-hydrogen) atoms. The van der Waals surface area contributed by atoms with Crippen molar-refractivity contribution in [3.63, 3.8) is 0 Å². The molecule has 0 radical (unpaired) electrons. The standard InChI is InChI=1S/C14H10Br3NO3/c15-7-9-3-1-5-11(16)14(9)21-8-10-4-2-6-12(13(10)17)18(19)20/h1-6H,7-8H2. The van der Waals surface area contributed by atoms with E-state index in [2.05, 4.69) is 47.8 Å². The van der Waals surface area contributed by atoms with Crippen LogP contribution in [0.3, 0.4) is 0 Å². The molecule has 4 nitrogen and oxygen atoms in total. The summed E-state index contributed by atoms with van der Waals surface area (Å²) in [5.74, 6) is 0.729. The second kappa shape index (κ2) is 7.38.